The molecule has 0 saturated heterocycles. The van der Waals surface area contributed by atoms with Crippen molar-refractivity contribution >= 4 is 11.0 Å². The van der Waals surface area contributed by atoms with E-state index >= 15 is 0 Å². The summed E-state index contributed by atoms with van der Waals surface area (Å²) in [5, 5.41) is 21.2. The molecule has 146 valence electrons. The van der Waals surface area contributed by atoms with Gasteiger partial charge in [-0.15, -0.1) is 0 Å². The van der Waals surface area contributed by atoms with E-state index in [9.17, 15) is 10.2 Å². The number of hydrogen-bond acceptors (Lipinski definition) is 7. The second-order valence-electron chi connectivity index (χ2n) is 6.14. The van der Waals surface area contributed by atoms with E-state index in [1.165, 1.54) is 0 Å². The van der Waals surface area contributed by atoms with E-state index in [0.29, 0.717) is 46.6 Å². The predicted molar refractivity (Wildman–Crippen MR) is 99.0 cm³/mol. The van der Waals surface area contributed by atoms with Gasteiger partial charge in [-0.05, 0) is 37.3 Å². The molecule has 4 aromatic rings. The minimum Gasteiger partial charge on any atom is -0.460 e. The number of para-hydroxylation sites is 1. The Kier molecular flexibility index (Phi) is 5.31. The number of furan rings is 3. The molecule has 0 saturated carbocycles. The Balaban J connectivity index is 1.58. The molecule has 0 spiro atoms. The fraction of sp³-hybridized carbons (Fsp3) is 0.238. The Morgan fingerprint density at radius 1 is 0.929 bits per heavy atom. The van der Waals surface area contributed by atoms with Crippen LogP contribution in [-0.4, -0.2) is 16.8 Å². The van der Waals surface area contributed by atoms with E-state index in [4.69, 9.17) is 23.0 Å². The van der Waals surface area contributed by atoms with Crippen LogP contribution in [0.25, 0.3) is 22.5 Å². The molecule has 0 aliphatic rings. The van der Waals surface area contributed by atoms with Crippen LogP contribution in [0.15, 0.2) is 61.8 Å². The highest BCUT2D eigenvalue weighted by Crippen LogP contribution is 2.36. The van der Waals surface area contributed by atoms with Crippen molar-refractivity contribution in [3.05, 3.63) is 71.4 Å². The lowest BCUT2D eigenvalue weighted by Crippen LogP contribution is -1.96. The quantitative estimate of drug-likeness (QED) is 0.265. The van der Waals surface area contributed by atoms with Crippen molar-refractivity contribution in [1.82, 2.24) is 0 Å². The van der Waals surface area contributed by atoms with Crippen molar-refractivity contribution in [2.24, 2.45) is 0 Å². The van der Waals surface area contributed by atoms with Gasteiger partial charge >= 0.3 is 0 Å². The molecule has 3 heterocycles. The van der Waals surface area contributed by atoms with Gasteiger partial charge in [0.1, 0.15) is 29.5 Å². The van der Waals surface area contributed by atoms with Gasteiger partial charge in [-0.3, -0.25) is 0 Å². The smallest absolute Gasteiger partial charge is 0.176 e. The molecule has 0 bridgehead atoms. The molecular weight excluding hydrogens is 364 g/mol. The third-order valence-electron chi connectivity index (χ3n) is 4.33. The topological polar surface area (TPSA) is 98.3 Å². The van der Waals surface area contributed by atoms with Gasteiger partial charge in [0.05, 0.1) is 13.2 Å². The maximum atomic E-state index is 10.6. The fourth-order valence-electron chi connectivity index (χ4n) is 3.02. The molecule has 1 unspecified atom stereocenters. The highest BCUT2D eigenvalue weighted by molar-refractivity contribution is 5.86. The zero-order chi connectivity index (χ0) is 19.5. The van der Waals surface area contributed by atoms with Crippen LogP contribution in [0, 0.1) is 0 Å². The standard InChI is InChI=1S/C21H20O7/c1-2-24-25-12-13-7-8-17(26-13)20(23)18-9-10-19(27-18)21-15(11-22)14-5-3-4-6-16(14)28-21/h3-10,20,22-23H,2,11-12H2,1H3. The number of aliphatic hydroxyl groups excluding tert-OH is 2. The molecule has 0 aliphatic carbocycles. The van der Waals surface area contributed by atoms with E-state index < -0.39 is 6.10 Å². The molecule has 0 radical (unpaired) electrons. The molecule has 3 aromatic heterocycles. The Morgan fingerprint density at radius 3 is 2.54 bits per heavy atom. The van der Waals surface area contributed by atoms with Crippen LogP contribution in [0.5, 0.6) is 0 Å². The van der Waals surface area contributed by atoms with Gasteiger partial charge in [0, 0.05) is 10.9 Å². The van der Waals surface area contributed by atoms with E-state index in [1.54, 1.807) is 24.3 Å². The fourth-order valence-corrected chi connectivity index (χ4v) is 3.02. The molecule has 7 heteroatoms. The van der Waals surface area contributed by atoms with Crippen LogP contribution in [0.1, 0.15) is 35.9 Å². The maximum absolute atomic E-state index is 10.6. The summed E-state index contributed by atoms with van der Waals surface area (Å²) in [5.41, 5.74) is 1.30. The van der Waals surface area contributed by atoms with Crippen molar-refractivity contribution in [2.75, 3.05) is 6.61 Å². The summed E-state index contributed by atoms with van der Waals surface area (Å²) in [6.07, 6.45) is -1.09. The van der Waals surface area contributed by atoms with E-state index in [0.717, 1.165) is 5.39 Å². The molecule has 2 N–H and O–H groups in total. The highest BCUT2D eigenvalue weighted by Gasteiger charge is 2.22. The second-order valence-corrected chi connectivity index (χ2v) is 6.14. The summed E-state index contributed by atoms with van der Waals surface area (Å²) < 4.78 is 17.2. The first-order chi connectivity index (χ1) is 13.7. The number of hydrogen-bond donors (Lipinski definition) is 2. The van der Waals surface area contributed by atoms with Crippen LogP contribution in [0.4, 0.5) is 0 Å². The lowest BCUT2D eigenvalue weighted by atomic mass is 10.1. The van der Waals surface area contributed by atoms with Gasteiger partial charge in [0.15, 0.2) is 17.6 Å². The third kappa shape index (κ3) is 3.48. The second kappa shape index (κ2) is 8.04. The molecule has 4 rings (SSSR count). The zero-order valence-electron chi connectivity index (χ0n) is 15.3. The summed E-state index contributed by atoms with van der Waals surface area (Å²) in [4.78, 5) is 9.77. The van der Waals surface area contributed by atoms with Gasteiger partial charge in [0.25, 0.3) is 0 Å². The number of fused-ring (bicyclic) bond motifs is 1. The Labute approximate surface area is 160 Å². The van der Waals surface area contributed by atoms with E-state index in [1.807, 2.05) is 31.2 Å². The first-order valence-electron chi connectivity index (χ1n) is 8.93. The summed E-state index contributed by atoms with van der Waals surface area (Å²) in [7, 11) is 0. The largest absolute Gasteiger partial charge is 0.460 e. The van der Waals surface area contributed by atoms with Crippen molar-refractivity contribution < 1.29 is 33.2 Å². The summed E-state index contributed by atoms with van der Waals surface area (Å²) >= 11 is 0. The lowest BCUT2D eigenvalue weighted by molar-refractivity contribution is -0.303. The SMILES string of the molecule is CCOOCc1ccc(C(O)c2ccc(-c3oc4ccccc4c3CO)o2)o1. The van der Waals surface area contributed by atoms with Crippen LogP contribution in [0.3, 0.4) is 0 Å². The molecule has 0 fully saturated rings. The van der Waals surface area contributed by atoms with Crippen molar-refractivity contribution in [3.8, 4) is 11.5 Å². The van der Waals surface area contributed by atoms with Crippen molar-refractivity contribution in [1.29, 1.82) is 0 Å². The summed E-state index contributed by atoms with van der Waals surface area (Å²) in [6.45, 7) is 2.20. The van der Waals surface area contributed by atoms with Gasteiger partial charge in [0.2, 0.25) is 0 Å². The Morgan fingerprint density at radius 2 is 1.71 bits per heavy atom. The summed E-state index contributed by atoms with van der Waals surface area (Å²) in [6, 6.07) is 14.1. The maximum Gasteiger partial charge on any atom is 0.176 e. The van der Waals surface area contributed by atoms with Crippen LogP contribution in [-0.2, 0) is 23.0 Å². The molecular formula is C21H20O7. The first-order valence-corrected chi connectivity index (χ1v) is 8.93. The normalized spacial score (nSPS) is 12.7. The Hall–Kier alpha value is -2.84. The van der Waals surface area contributed by atoms with Crippen LogP contribution >= 0.6 is 0 Å². The van der Waals surface area contributed by atoms with Gasteiger partial charge in [-0.2, -0.15) is 0 Å². The molecule has 0 amide bonds. The number of aliphatic hydroxyl groups is 2. The Bertz CT molecular complexity index is 1060. The summed E-state index contributed by atoms with van der Waals surface area (Å²) in [5.74, 6) is 2.00. The average molecular weight is 384 g/mol. The minimum atomic E-state index is -1.09. The van der Waals surface area contributed by atoms with E-state index in [-0.39, 0.29) is 13.2 Å². The third-order valence-corrected chi connectivity index (χ3v) is 4.33. The van der Waals surface area contributed by atoms with Gasteiger partial charge in [-0.25, -0.2) is 9.78 Å². The average Bonchev–Trinajstić information content (AvgIpc) is 3.45. The number of benzene rings is 1. The predicted octanol–water partition coefficient (Wildman–Crippen LogP) is 4.33. The monoisotopic (exact) mass is 384 g/mol. The van der Waals surface area contributed by atoms with Crippen LogP contribution in [0.2, 0.25) is 0 Å². The minimum absolute atomic E-state index is 0.142. The first kappa shape index (κ1) is 18.5. The molecule has 1 atom stereocenters. The molecule has 28 heavy (non-hydrogen) atoms. The molecule has 7 nitrogen and oxygen atoms in total. The highest BCUT2D eigenvalue weighted by atomic mass is 17.2. The van der Waals surface area contributed by atoms with Crippen molar-refractivity contribution in [3.63, 3.8) is 0 Å². The van der Waals surface area contributed by atoms with Crippen LogP contribution < -0.4 is 0 Å². The zero-order valence-corrected chi connectivity index (χ0v) is 15.3. The van der Waals surface area contributed by atoms with E-state index in [2.05, 4.69) is 0 Å². The van der Waals surface area contributed by atoms with Gasteiger partial charge in [-0.1, -0.05) is 18.2 Å². The molecule has 1 aromatic carbocycles. The van der Waals surface area contributed by atoms with Crippen molar-refractivity contribution in [2.45, 2.75) is 26.2 Å². The lowest BCUT2D eigenvalue weighted by Gasteiger charge is -2.04. The van der Waals surface area contributed by atoms with Gasteiger partial charge < -0.3 is 23.5 Å². The number of rotatable bonds is 8. The molecule has 0 aliphatic heterocycles.